The molecule has 6 nitrogen and oxygen atoms in total. The molecule has 0 radical (unpaired) electrons. The minimum absolute atomic E-state index is 0.118. The lowest BCUT2D eigenvalue weighted by atomic mass is 9.70. The van der Waals surface area contributed by atoms with Crippen molar-refractivity contribution in [2.45, 2.75) is 52.5 Å². The first-order chi connectivity index (χ1) is 12.8. The quantitative estimate of drug-likeness (QED) is 0.814. The molecule has 0 aliphatic carbocycles. The highest BCUT2D eigenvalue weighted by molar-refractivity contribution is 5.88. The van der Waals surface area contributed by atoms with Crippen molar-refractivity contribution >= 4 is 11.7 Å². The van der Waals surface area contributed by atoms with Crippen molar-refractivity contribution in [3.05, 3.63) is 47.5 Å². The van der Waals surface area contributed by atoms with Crippen molar-refractivity contribution < 1.29 is 9.59 Å². The van der Waals surface area contributed by atoms with E-state index in [-0.39, 0.29) is 17.6 Å². The summed E-state index contributed by atoms with van der Waals surface area (Å²) in [6.45, 7) is 9.09. The molecule has 1 aromatic carbocycles. The number of aromatic nitrogens is 3. The van der Waals surface area contributed by atoms with E-state index in [4.69, 9.17) is 0 Å². The van der Waals surface area contributed by atoms with Gasteiger partial charge in [-0.05, 0) is 39.2 Å². The average Bonchev–Trinajstić information content (AvgIpc) is 2.98. The Balaban J connectivity index is 1.68. The van der Waals surface area contributed by atoms with E-state index < -0.39 is 5.41 Å². The number of aryl methyl sites for hydroxylation is 2. The molecule has 1 aromatic heterocycles. The first kappa shape index (κ1) is 19.3. The summed E-state index contributed by atoms with van der Waals surface area (Å²) in [5.74, 6) is 1.67. The van der Waals surface area contributed by atoms with Gasteiger partial charge in [0.05, 0.1) is 17.9 Å². The smallest absolute Gasteiger partial charge is 0.227 e. The Kier molecular flexibility index (Phi) is 5.44. The number of hydrogen-bond acceptors (Lipinski definition) is 4. The number of hydrogen-bond donors (Lipinski definition) is 0. The number of nitrogens with zero attached hydrogens (tertiary/aromatic N) is 4. The number of carbonyl (C=O) groups is 2. The van der Waals surface area contributed by atoms with E-state index in [1.165, 1.54) is 0 Å². The maximum Gasteiger partial charge on any atom is 0.227 e. The monoisotopic (exact) mass is 368 g/mol. The van der Waals surface area contributed by atoms with Crippen LogP contribution in [0.5, 0.6) is 0 Å². The Hall–Kier alpha value is -2.50. The summed E-state index contributed by atoms with van der Waals surface area (Å²) in [7, 11) is 0. The number of Topliss-reactive ketones (excluding diaryl/α,β-unsaturated/α-hetero) is 1. The topological polar surface area (TPSA) is 68.1 Å². The van der Waals surface area contributed by atoms with Crippen molar-refractivity contribution in [3.63, 3.8) is 0 Å². The van der Waals surface area contributed by atoms with Gasteiger partial charge in [0.1, 0.15) is 17.4 Å². The first-order valence-electron chi connectivity index (χ1n) is 9.57. The summed E-state index contributed by atoms with van der Waals surface area (Å²) in [4.78, 5) is 31.6. The van der Waals surface area contributed by atoms with Gasteiger partial charge >= 0.3 is 0 Å². The largest absolute Gasteiger partial charge is 0.342 e. The van der Waals surface area contributed by atoms with E-state index >= 15 is 0 Å². The van der Waals surface area contributed by atoms with Gasteiger partial charge in [-0.25, -0.2) is 9.67 Å². The molecule has 1 fully saturated rings. The SMILES string of the molecule is CC(=O)C1(c2ccccc2)CCN(C(=O)[C@H](C)Cn2nc(C)nc2C)CC1. The van der Waals surface area contributed by atoms with Crippen LogP contribution in [-0.2, 0) is 21.5 Å². The number of rotatable bonds is 5. The molecule has 27 heavy (non-hydrogen) atoms. The molecule has 0 saturated carbocycles. The lowest BCUT2D eigenvalue weighted by Gasteiger charge is -2.41. The van der Waals surface area contributed by atoms with Crippen LogP contribution >= 0.6 is 0 Å². The van der Waals surface area contributed by atoms with Crippen LogP contribution in [-0.4, -0.2) is 44.4 Å². The van der Waals surface area contributed by atoms with Gasteiger partial charge in [0.2, 0.25) is 5.91 Å². The molecule has 0 bridgehead atoms. The average molecular weight is 368 g/mol. The van der Waals surface area contributed by atoms with Crippen molar-refractivity contribution in [1.82, 2.24) is 19.7 Å². The maximum absolute atomic E-state index is 12.9. The molecular formula is C21H28N4O2. The first-order valence-corrected chi connectivity index (χ1v) is 9.57. The predicted octanol–water partition coefficient (Wildman–Crippen LogP) is 2.68. The van der Waals surface area contributed by atoms with E-state index in [2.05, 4.69) is 10.1 Å². The number of amides is 1. The van der Waals surface area contributed by atoms with Gasteiger partial charge in [0, 0.05) is 13.1 Å². The number of carbonyl (C=O) groups excluding carboxylic acids is 2. The van der Waals surface area contributed by atoms with Crippen LogP contribution in [0, 0.1) is 19.8 Å². The zero-order chi connectivity index (χ0) is 19.6. The summed E-state index contributed by atoms with van der Waals surface area (Å²) < 4.78 is 1.80. The highest BCUT2D eigenvalue weighted by Crippen LogP contribution is 2.36. The summed E-state index contributed by atoms with van der Waals surface area (Å²) in [5.41, 5.74) is 0.590. The van der Waals surface area contributed by atoms with Gasteiger partial charge in [0.25, 0.3) is 0 Å². The summed E-state index contributed by atoms with van der Waals surface area (Å²) in [5, 5.41) is 4.35. The molecule has 1 aliphatic heterocycles. The highest BCUT2D eigenvalue weighted by atomic mass is 16.2. The molecule has 0 spiro atoms. The van der Waals surface area contributed by atoms with Crippen LogP contribution in [0.3, 0.4) is 0 Å². The van der Waals surface area contributed by atoms with Gasteiger partial charge in [-0.2, -0.15) is 5.10 Å². The molecule has 3 rings (SSSR count). The van der Waals surface area contributed by atoms with Crippen molar-refractivity contribution in [2.24, 2.45) is 5.92 Å². The Bertz CT molecular complexity index is 820. The van der Waals surface area contributed by atoms with Crippen LogP contribution in [0.25, 0.3) is 0 Å². The van der Waals surface area contributed by atoms with Crippen LogP contribution < -0.4 is 0 Å². The zero-order valence-corrected chi connectivity index (χ0v) is 16.6. The number of likely N-dealkylation sites (tertiary alicyclic amines) is 1. The normalized spacial score (nSPS) is 17.6. The van der Waals surface area contributed by atoms with Crippen molar-refractivity contribution in [2.75, 3.05) is 13.1 Å². The highest BCUT2D eigenvalue weighted by Gasteiger charge is 2.41. The predicted molar refractivity (Wildman–Crippen MR) is 103 cm³/mol. The molecule has 1 saturated heterocycles. The van der Waals surface area contributed by atoms with Gasteiger partial charge in [-0.3, -0.25) is 9.59 Å². The Morgan fingerprint density at radius 3 is 2.30 bits per heavy atom. The Morgan fingerprint density at radius 2 is 1.78 bits per heavy atom. The molecule has 1 atom stereocenters. The third-order valence-corrected chi connectivity index (χ3v) is 5.76. The molecule has 0 unspecified atom stereocenters. The second-order valence-electron chi connectivity index (χ2n) is 7.62. The lowest BCUT2D eigenvalue weighted by molar-refractivity contribution is -0.139. The lowest BCUT2D eigenvalue weighted by Crippen LogP contribution is -2.49. The molecule has 2 aromatic rings. The fourth-order valence-corrected chi connectivity index (χ4v) is 4.09. The maximum atomic E-state index is 12.9. The van der Waals surface area contributed by atoms with E-state index in [0.29, 0.717) is 32.5 Å². The summed E-state index contributed by atoms with van der Waals surface area (Å²) in [6.07, 6.45) is 1.35. The summed E-state index contributed by atoms with van der Waals surface area (Å²) in [6, 6.07) is 9.96. The number of ketones is 1. The summed E-state index contributed by atoms with van der Waals surface area (Å²) >= 11 is 0. The van der Waals surface area contributed by atoms with E-state index in [1.54, 1.807) is 11.6 Å². The van der Waals surface area contributed by atoms with E-state index in [9.17, 15) is 9.59 Å². The molecule has 6 heteroatoms. The van der Waals surface area contributed by atoms with Gasteiger partial charge in [0.15, 0.2) is 0 Å². The third-order valence-electron chi connectivity index (χ3n) is 5.76. The van der Waals surface area contributed by atoms with Gasteiger partial charge < -0.3 is 4.90 Å². The van der Waals surface area contributed by atoms with Crippen LogP contribution in [0.2, 0.25) is 0 Å². The molecule has 1 amide bonds. The molecule has 1 aliphatic rings. The minimum atomic E-state index is -0.471. The van der Waals surface area contributed by atoms with E-state index in [0.717, 1.165) is 17.2 Å². The van der Waals surface area contributed by atoms with Gasteiger partial charge in [-0.15, -0.1) is 0 Å². The minimum Gasteiger partial charge on any atom is -0.342 e. The standard InChI is InChI=1S/C21H28N4O2/c1-15(14-25-18(4)22-17(3)23-25)20(27)24-12-10-21(11-13-24,16(2)26)19-8-6-5-7-9-19/h5-9,15H,10-14H2,1-4H3/t15-/m1/s1. The second-order valence-corrected chi connectivity index (χ2v) is 7.62. The molecule has 2 heterocycles. The van der Waals surface area contributed by atoms with Crippen molar-refractivity contribution in [3.8, 4) is 0 Å². The molecule has 0 N–H and O–H groups in total. The fraction of sp³-hybridized carbons (Fsp3) is 0.524. The zero-order valence-electron chi connectivity index (χ0n) is 16.6. The van der Waals surface area contributed by atoms with Crippen molar-refractivity contribution in [1.29, 1.82) is 0 Å². The Labute approximate surface area is 160 Å². The number of benzene rings is 1. The third kappa shape index (κ3) is 3.80. The van der Waals surface area contributed by atoms with Crippen LogP contribution in [0.1, 0.15) is 43.9 Å². The van der Waals surface area contributed by atoms with Gasteiger partial charge in [-0.1, -0.05) is 37.3 Å². The van der Waals surface area contributed by atoms with E-state index in [1.807, 2.05) is 56.0 Å². The molecular weight excluding hydrogens is 340 g/mol. The number of piperidine rings is 1. The molecule has 144 valence electrons. The fourth-order valence-electron chi connectivity index (χ4n) is 4.09. The second kappa shape index (κ2) is 7.62. The Morgan fingerprint density at radius 1 is 1.15 bits per heavy atom. The van der Waals surface area contributed by atoms with Crippen LogP contribution in [0.15, 0.2) is 30.3 Å². The van der Waals surface area contributed by atoms with Crippen LogP contribution in [0.4, 0.5) is 0 Å².